The van der Waals surface area contributed by atoms with E-state index in [0.717, 1.165) is 0 Å². The number of aliphatic hydroxyl groups excluding tert-OH is 12. The summed E-state index contributed by atoms with van der Waals surface area (Å²) < 4.78 is 51.8. The van der Waals surface area contributed by atoms with E-state index in [2.05, 4.69) is 0 Å². The molecule has 0 bridgehead atoms. The standard InChI is InChI=1S/C35H60O21/c1-11-22(38)26(42)29(45)33(51-11)50-10-21-25(41)28(44)31(47)35(56-21)54-19-8-14-15(52-32(19)12-4-17(48-2)23(39)18(5-12)49-3)6-13(37)7-16(14)53-34-30(46)27(43)24(40)20(9-36)55-34/h11-47H,4-10H2,1-3H3/p+1. The number of aliphatic hydroxyl groups is 14. The monoisotopic (exact) mass is 817 g/mol. The molecule has 23 atom stereocenters. The molecule has 6 rings (SSSR count). The van der Waals surface area contributed by atoms with E-state index in [9.17, 15) is 61.3 Å². The highest BCUT2D eigenvalue weighted by atomic mass is 16.7. The Hall–Kier alpha value is -0.840. The van der Waals surface area contributed by atoms with Crippen LogP contribution < -0.4 is 0 Å². The first-order valence-electron chi connectivity index (χ1n) is 19.3. The molecule has 6 aliphatic rings. The van der Waals surface area contributed by atoms with Gasteiger partial charge < -0.3 is 104 Å². The second-order valence-corrected chi connectivity index (χ2v) is 16.1. The van der Waals surface area contributed by atoms with Gasteiger partial charge in [0.1, 0.15) is 79.4 Å². The van der Waals surface area contributed by atoms with Crippen LogP contribution in [0.1, 0.15) is 39.0 Å². The van der Waals surface area contributed by atoms with E-state index >= 15 is 0 Å². The average molecular weight is 818 g/mol. The Morgan fingerprint density at radius 1 is 0.536 bits per heavy atom. The van der Waals surface area contributed by atoms with Crippen molar-refractivity contribution in [2.45, 2.75) is 180 Å². The van der Waals surface area contributed by atoms with Gasteiger partial charge in [0.05, 0.1) is 49.7 Å². The number of methoxy groups -OCH3 is 2. The van der Waals surface area contributed by atoms with E-state index in [-0.39, 0.29) is 25.2 Å². The molecule has 21 heteroatoms. The van der Waals surface area contributed by atoms with Gasteiger partial charge >= 0.3 is 0 Å². The van der Waals surface area contributed by atoms with E-state index in [4.69, 9.17) is 42.6 Å². The first-order chi connectivity index (χ1) is 26.6. The number of fused-ring (bicyclic) bond motifs is 1. The molecule has 2 saturated carbocycles. The van der Waals surface area contributed by atoms with Crippen molar-refractivity contribution in [3.8, 4) is 0 Å². The van der Waals surface area contributed by atoms with Crippen LogP contribution in [0.15, 0.2) is 0 Å². The fourth-order valence-corrected chi connectivity index (χ4v) is 9.16. The third kappa shape index (κ3) is 9.09. The number of hydrogen-bond donors (Lipinski definition) is 12. The van der Waals surface area contributed by atoms with Gasteiger partial charge in [-0.3, -0.25) is 0 Å². The van der Waals surface area contributed by atoms with Gasteiger partial charge in [0.25, 0.3) is 0 Å². The molecule has 4 aliphatic heterocycles. The van der Waals surface area contributed by atoms with Crippen LogP contribution in [0.25, 0.3) is 0 Å². The van der Waals surface area contributed by atoms with E-state index in [0.29, 0.717) is 12.8 Å². The minimum atomic E-state index is -1.80. The zero-order chi connectivity index (χ0) is 40.7. The lowest BCUT2D eigenvalue weighted by Crippen LogP contribution is -2.65. The van der Waals surface area contributed by atoms with Crippen LogP contribution in [-0.4, -0.2) is 234 Å². The summed E-state index contributed by atoms with van der Waals surface area (Å²) in [6.45, 7) is 0.280. The highest BCUT2D eigenvalue weighted by Gasteiger charge is 2.57. The van der Waals surface area contributed by atoms with E-state index in [1.165, 1.54) is 21.1 Å². The molecular weight excluding hydrogens is 756 g/mol. The maximum Gasteiger partial charge on any atom is 0.187 e. The fourth-order valence-electron chi connectivity index (χ4n) is 9.16. The van der Waals surface area contributed by atoms with Crippen LogP contribution in [0.3, 0.4) is 0 Å². The van der Waals surface area contributed by atoms with Crippen molar-refractivity contribution < 1.29 is 104 Å². The molecule has 0 aromatic carbocycles. The van der Waals surface area contributed by atoms with Gasteiger partial charge in [0, 0.05) is 33.0 Å². The summed E-state index contributed by atoms with van der Waals surface area (Å²) in [6, 6.07) is 0. The topological polar surface area (TPSA) is 329 Å². The molecule has 21 nitrogen and oxygen atoms in total. The highest BCUT2D eigenvalue weighted by Crippen LogP contribution is 2.44. The van der Waals surface area contributed by atoms with Gasteiger partial charge in [-0.2, -0.15) is 0 Å². The molecule has 0 amide bonds. The molecule has 0 spiro atoms. The fraction of sp³-hybridized carbons (Fsp3) is 1.00. The van der Waals surface area contributed by atoms with Crippen LogP contribution in [-0.2, 0) is 37.9 Å². The average Bonchev–Trinajstić information content (AvgIpc) is 3.18. The van der Waals surface area contributed by atoms with E-state index < -0.39 is 160 Å². The van der Waals surface area contributed by atoms with Crippen LogP contribution in [0.5, 0.6) is 0 Å². The molecule has 6 fully saturated rings. The summed E-state index contributed by atoms with van der Waals surface area (Å²) in [5.74, 6) is -0.867. The Morgan fingerprint density at radius 2 is 1.07 bits per heavy atom. The lowest BCUT2D eigenvalue weighted by atomic mass is 9.72. The van der Waals surface area contributed by atoms with Gasteiger partial charge in [-0.05, 0) is 26.2 Å². The third-order valence-electron chi connectivity index (χ3n) is 12.5. The summed E-state index contributed by atoms with van der Waals surface area (Å²) in [6.07, 6.45) is -28.0. The smallest absolute Gasteiger partial charge is 0.187 e. The van der Waals surface area contributed by atoms with E-state index in [1.54, 1.807) is 0 Å². The molecule has 326 valence electrons. The third-order valence-corrected chi connectivity index (χ3v) is 12.5. The van der Waals surface area contributed by atoms with Crippen LogP contribution in [0.2, 0.25) is 0 Å². The molecule has 4 heterocycles. The van der Waals surface area contributed by atoms with Crippen LogP contribution in [0.4, 0.5) is 0 Å². The zero-order valence-corrected chi connectivity index (χ0v) is 31.5. The van der Waals surface area contributed by atoms with Gasteiger partial charge in [-0.1, -0.05) is 0 Å². The van der Waals surface area contributed by atoms with Crippen molar-refractivity contribution >= 4 is 0 Å². The predicted molar refractivity (Wildman–Crippen MR) is 182 cm³/mol. The maximum atomic E-state index is 11.2. The Balaban J connectivity index is 1.24. The molecule has 23 unspecified atom stereocenters. The Morgan fingerprint density at radius 3 is 1.66 bits per heavy atom. The molecule has 0 radical (unpaired) electrons. The quantitative estimate of drug-likeness (QED) is 0.0863. The minimum absolute atomic E-state index is 0.0581. The lowest BCUT2D eigenvalue weighted by molar-refractivity contribution is -0.371. The SMILES string of the molecule is COC1CC(C2[OH+]C3CC(O)CC(OC4OC(CO)C(O)C(O)C4O)C3CC2OC2OC(COC3OC(C)C(O)C(O)C3O)C(O)C(O)C2O)CC(OC)C1O. The van der Waals surface area contributed by atoms with Crippen molar-refractivity contribution in [2.75, 3.05) is 27.4 Å². The molecule has 4 saturated heterocycles. The Labute approximate surface area is 323 Å². The van der Waals surface area contributed by atoms with Gasteiger partial charge in [0.15, 0.2) is 31.1 Å². The summed E-state index contributed by atoms with van der Waals surface area (Å²) in [4.78, 5) is 0. The largest absolute Gasteiger partial charge is 0.427 e. The van der Waals surface area contributed by atoms with Crippen molar-refractivity contribution in [3.63, 3.8) is 0 Å². The molecule has 13 N–H and O–H groups in total. The normalized spacial score (nSPS) is 54.4. The molecule has 0 aromatic rings. The maximum absolute atomic E-state index is 11.2. The first kappa shape index (κ1) is 44.7. The minimum Gasteiger partial charge on any atom is -0.427 e. The van der Waals surface area contributed by atoms with Gasteiger partial charge in [0.2, 0.25) is 0 Å². The Kier molecular flexibility index (Phi) is 15.0. The lowest BCUT2D eigenvalue weighted by Gasteiger charge is -2.50. The number of ether oxygens (including phenoxy) is 9. The van der Waals surface area contributed by atoms with Crippen LogP contribution >= 0.6 is 0 Å². The first-order valence-corrected chi connectivity index (χ1v) is 19.3. The summed E-state index contributed by atoms with van der Waals surface area (Å²) in [7, 11) is 2.93. The Bertz CT molecular complexity index is 1220. The van der Waals surface area contributed by atoms with Crippen LogP contribution in [0, 0.1) is 11.8 Å². The zero-order valence-electron chi connectivity index (χ0n) is 31.5. The molecule has 0 aromatic heterocycles. The molecule has 2 aliphatic carbocycles. The molecule has 56 heavy (non-hydrogen) atoms. The van der Waals surface area contributed by atoms with Crippen molar-refractivity contribution in [1.82, 2.24) is 0 Å². The summed E-state index contributed by atoms with van der Waals surface area (Å²) in [5, 5.41) is 127. The van der Waals surface area contributed by atoms with E-state index in [1.807, 2.05) is 0 Å². The number of hydrogen-bond acceptors (Lipinski definition) is 20. The summed E-state index contributed by atoms with van der Waals surface area (Å²) >= 11 is 0. The number of rotatable bonds is 11. The van der Waals surface area contributed by atoms with Crippen molar-refractivity contribution in [1.29, 1.82) is 0 Å². The van der Waals surface area contributed by atoms with Gasteiger partial charge in [-0.15, -0.1) is 0 Å². The van der Waals surface area contributed by atoms with Crippen molar-refractivity contribution in [2.24, 2.45) is 11.8 Å². The second-order valence-electron chi connectivity index (χ2n) is 16.1. The highest BCUT2D eigenvalue weighted by molar-refractivity contribution is 5.01. The second kappa shape index (κ2) is 18.8. The van der Waals surface area contributed by atoms with Gasteiger partial charge in [-0.25, -0.2) is 0 Å². The predicted octanol–water partition coefficient (Wildman–Crippen LogP) is -6.55. The van der Waals surface area contributed by atoms with Crippen molar-refractivity contribution in [3.05, 3.63) is 0 Å². The summed E-state index contributed by atoms with van der Waals surface area (Å²) in [5.41, 5.74) is 0. The molecular formula is C35H61O21+.